The third-order valence-corrected chi connectivity index (χ3v) is 8.88. The first-order chi connectivity index (χ1) is 18.4. The largest absolute Gasteiger partial charge is 0.457 e. The van der Waals surface area contributed by atoms with Crippen LogP contribution in [0, 0.1) is 23.7 Å². The third kappa shape index (κ3) is 5.84. The molecule has 1 saturated heterocycles. The summed E-state index contributed by atoms with van der Waals surface area (Å²) in [7, 11) is 1.47. The highest BCUT2D eigenvalue weighted by atomic mass is 35.5. The monoisotopic (exact) mass is 565 g/mol. The van der Waals surface area contributed by atoms with Crippen LogP contribution in [0.2, 0.25) is 5.15 Å². The molecule has 2 aliphatic heterocycles. The van der Waals surface area contributed by atoms with Gasteiger partial charge >= 0.3 is 11.9 Å². The second kappa shape index (κ2) is 11.7. The summed E-state index contributed by atoms with van der Waals surface area (Å²) < 4.78 is 24.2. The van der Waals surface area contributed by atoms with Crippen molar-refractivity contribution in [3.05, 3.63) is 46.8 Å². The van der Waals surface area contributed by atoms with Crippen LogP contribution in [0.1, 0.15) is 57.9 Å². The van der Waals surface area contributed by atoms with Gasteiger partial charge in [-0.25, -0.2) is 9.59 Å². The molecule has 1 aliphatic carbocycles. The van der Waals surface area contributed by atoms with Crippen molar-refractivity contribution < 1.29 is 38.7 Å². The molecule has 1 spiro atoms. The Balaban J connectivity index is 1.73. The summed E-state index contributed by atoms with van der Waals surface area (Å²) in [6.07, 6.45) is 2.48. The van der Waals surface area contributed by atoms with Crippen LogP contribution < -0.4 is 0 Å². The molecule has 9 nitrogen and oxygen atoms in total. The molecule has 1 aromatic heterocycles. The van der Waals surface area contributed by atoms with Gasteiger partial charge < -0.3 is 34.1 Å². The molecule has 0 radical (unpaired) electrons. The number of hydrogen-bond acceptors (Lipinski definition) is 8. The number of nitrogens with one attached hydrogen (secondary N) is 1. The molecule has 4 rings (SSSR count). The Kier molecular flexibility index (Phi) is 8.98. The second-order valence-corrected chi connectivity index (χ2v) is 11.7. The maximum absolute atomic E-state index is 13.1. The van der Waals surface area contributed by atoms with E-state index >= 15 is 0 Å². The number of esters is 2. The molecule has 1 fully saturated rings. The van der Waals surface area contributed by atoms with Crippen molar-refractivity contribution in [2.75, 3.05) is 7.11 Å². The van der Waals surface area contributed by atoms with Crippen molar-refractivity contribution in [1.82, 2.24) is 4.98 Å². The minimum absolute atomic E-state index is 0.102. The van der Waals surface area contributed by atoms with Crippen LogP contribution in [0.15, 0.2) is 35.9 Å². The normalized spacial score (nSPS) is 37.1. The van der Waals surface area contributed by atoms with Gasteiger partial charge in [-0.2, -0.15) is 0 Å². The molecule has 0 aromatic carbocycles. The van der Waals surface area contributed by atoms with E-state index in [-0.39, 0.29) is 23.4 Å². The van der Waals surface area contributed by atoms with Crippen molar-refractivity contribution in [1.29, 1.82) is 0 Å². The zero-order valence-electron chi connectivity index (χ0n) is 23.3. The van der Waals surface area contributed by atoms with Crippen LogP contribution in [-0.4, -0.2) is 76.5 Å². The molecule has 2 bridgehead atoms. The summed E-state index contributed by atoms with van der Waals surface area (Å²) in [6.45, 7) is 8.98. The number of halogens is 1. The van der Waals surface area contributed by atoms with Gasteiger partial charge in [-0.3, -0.25) is 0 Å². The fourth-order valence-corrected chi connectivity index (χ4v) is 6.41. The van der Waals surface area contributed by atoms with E-state index in [0.29, 0.717) is 18.0 Å². The Bertz CT molecular complexity index is 1110. The standard InChI is InChI=1S/C29H40ClNO8/c1-14-11-15(2)29-13-19(7-8-20(29)12-22(36-6)28(35)37-24(14)18(5)33)26(39-29)25(16(3)17(4)32)38-27(34)21-9-10-23(30)31-21/h7-11,14,16-20,22,24-26,31-33H,12-13H2,1-6H3/b15-11+/t14-,16-,17+,18-,19-,20-,22+,24+,25-,26-,29+/m1/s1. The zero-order chi connectivity index (χ0) is 28.6. The number of ether oxygens (including phenoxy) is 4. The first-order valence-corrected chi connectivity index (χ1v) is 14.0. The number of aromatic amines is 1. The van der Waals surface area contributed by atoms with Gasteiger partial charge in [0.2, 0.25) is 0 Å². The summed E-state index contributed by atoms with van der Waals surface area (Å²) in [5, 5.41) is 21.2. The Morgan fingerprint density at radius 3 is 2.51 bits per heavy atom. The molecule has 10 heteroatoms. The van der Waals surface area contributed by atoms with Crippen LogP contribution in [0.25, 0.3) is 0 Å². The van der Waals surface area contributed by atoms with Gasteiger partial charge in [0.1, 0.15) is 29.2 Å². The molecule has 3 heterocycles. The number of methoxy groups -OCH3 is 1. The highest BCUT2D eigenvalue weighted by molar-refractivity contribution is 6.29. The van der Waals surface area contributed by atoms with Crippen LogP contribution in [0.3, 0.4) is 0 Å². The van der Waals surface area contributed by atoms with Crippen LogP contribution >= 0.6 is 11.6 Å². The van der Waals surface area contributed by atoms with E-state index in [1.807, 2.05) is 26.8 Å². The van der Waals surface area contributed by atoms with E-state index in [1.54, 1.807) is 26.0 Å². The number of aromatic nitrogens is 1. The zero-order valence-corrected chi connectivity index (χ0v) is 24.1. The number of fused-ring (bicyclic) bond motifs is 1. The number of rotatable bonds is 7. The van der Waals surface area contributed by atoms with Crippen molar-refractivity contribution in [2.24, 2.45) is 23.7 Å². The van der Waals surface area contributed by atoms with Gasteiger partial charge in [0, 0.05) is 30.8 Å². The highest BCUT2D eigenvalue weighted by Crippen LogP contribution is 2.53. The van der Waals surface area contributed by atoms with E-state index in [2.05, 4.69) is 17.1 Å². The maximum Gasteiger partial charge on any atom is 0.355 e. The van der Waals surface area contributed by atoms with Crippen molar-refractivity contribution >= 4 is 23.5 Å². The van der Waals surface area contributed by atoms with E-state index < -0.39 is 60.1 Å². The molecule has 3 N–H and O–H groups in total. The van der Waals surface area contributed by atoms with Crippen LogP contribution in [0.5, 0.6) is 0 Å². The number of carbonyl (C=O) groups is 2. The predicted molar refractivity (Wildman–Crippen MR) is 144 cm³/mol. The summed E-state index contributed by atoms with van der Waals surface area (Å²) >= 11 is 5.97. The Labute approximate surface area is 234 Å². The number of H-pyrrole nitrogens is 1. The average molecular weight is 566 g/mol. The number of carbonyl (C=O) groups excluding carboxylic acids is 2. The van der Waals surface area contributed by atoms with Crippen molar-refractivity contribution in [2.45, 2.75) is 89.7 Å². The Hall–Kier alpha value is -2.17. The number of cyclic esters (lactones) is 1. The number of hydrogen-bond donors (Lipinski definition) is 3. The molecule has 0 amide bonds. The maximum atomic E-state index is 13.1. The SMILES string of the molecule is CO[C@H]1C[C@H]2C=C[C@@H]3C[C@]2(O[C@H]3[C@H](OC(=O)c2ccc(Cl)[nH]2)[C@H](C)[C@H](C)O)/C(C)=C/[C@@H](C)[C@@H]([C@@H](C)O)OC1=O. The molecule has 3 aliphatic rings. The molecule has 1 aromatic rings. The Morgan fingerprint density at radius 1 is 1.21 bits per heavy atom. The molecule has 39 heavy (non-hydrogen) atoms. The lowest BCUT2D eigenvalue weighted by molar-refractivity contribution is -0.172. The summed E-state index contributed by atoms with van der Waals surface area (Å²) in [4.78, 5) is 28.9. The quantitative estimate of drug-likeness (QED) is 0.336. The highest BCUT2D eigenvalue weighted by Gasteiger charge is 2.57. The predicted octanol–water partition coefficient (Wildman–Crippen LogP) is 3.83. The van der Waals surface area contributed by atoms with Gasteiger partial charge in [0.25, 0.3) is 0 Å². The average Bonchev–Trinajstić information content (AvgIpc) is 3.45. The van der Waals surface area contributed by atoms with Gasteiger partial charge in [-0.05, 0) is 51.3 Å². The molecule has 11 atom stereocenters. The number of aliphatic hydroxyl groups excluding tert-OH is 2. The lowest BCUT2D eigenvalue weighted by atomic mass is 9.69. The van der Waals surface area contributed by atoms with Crippen LogP contribution in [0.4, 0.5) is 0 Å². The first-order valence-electron chi connectivity index (χ1n) is 13.6. The fourth-order valence-electron chi connectivity index (χ4n) is 6.25. The lowest BCUT2D eigenvalue weighted by Crippen LogP contribution is -2.47. The topological polar surface area (TPSA) is 127 Å². The lowest BCUT2D eigenvalue weighted by Gasteiger charge is -2.41. The third-order valence-electron chi connectivity index (χ3n) is 8.65. The van der Waals surface area contributed by atoms with E-state index in [9.17, 15) is 19.8 Å². The Morgan fingerprint density at radius 2 is 1.92 bits per heavy atom. The minimum atomic E-state index is -0.883. The second-order valence-electron chi connectivity index (χ2n) is 11.3. The van der Waals surface area contributed by atoms with Crippen LogP contribution in [-0.2, 0) is 23.7 Å². The van der Waals surface area contributed by atoms with Gasteiger partial charge in [-0.15, -0.1) is 0 Å². The van der Waals surface area contributed by atoms with Gasteiger partial charge in [0.15, 0.2) is 6.10 Å². The van der Waals surface area contributed by atoms with E-state index in [0.717, 1.165) is 5.57 Å². The van der Waals surface area contributed by atoms with Crippen molar-refractivity contribution in [3.8, 4) is 0 Å². The van der Waals surface area contributed by atoms with Gasteiger partial charge in [-0.1, -0.05) is 43.7 Å². The minimum Gasteiger partial charge on any atom is -0.457 e. The van der Waals surface area contributed by atoms with Crippen molar-refractivity contribution in [3.63, 3.8) is 0 Å². The molecule has 216 valence electrons. The number of aliphatic hydroxyl groups is 2. The molecular weight excluding hydrogens is 526 g/mol. The van der Waals surface area contributed by atoms with Gasteiger partial charge in [0.05, 0.1) is 17.8 Å². The summed E-state index contributed by atoms with van der Waals surface area (Å²) in [6, 6.07) is 3.12. The summed E-state index contributed by atoms with van der Waals surface area (Å²) in [5.41, 5.74) is 0.361. The molecule has 0 unspecified atom stereocenters. The smallest absolute Gasteiger partial charge is 0.355 e. The molecule has 0 saturated carbocycles. The fraction of sp³-hybridized carbons (Fsp3) is 0.655. The summed E-state index contributed by atoms with van der Waals surface area (Å²) in [5.74, 6) is -2.16. The van der Waals surface area contributed by atoms with E-state index in [4.69, 9.17) is 30.5 Å². The van der Waals surface area contributed by atoms with E-state index in [1.165, 1.54) is 7.11 Å². The first kappa shape index (κ1) is 29.8. The molecular formula is C29H40ClNO8.